The third-order valence-corrected chi connectivity index (χ3v) is 5.86. The summed E-state index contributed by atoms with van der Waals surface area (Å²) in [5.41, 5.74) is 1.26. The molecule has 0 aromatic carbocycles. The summed E-state index contributed by atoms with van der Waals surface area (Å²) in [5, 5.41) is 2.95. The van der Waals surface area contributed by atoms with Crippen LogP contribution in [0.2, 0.25) is 0 Å². The van der Waals surface area contributed by atoms with Gasteiger partial charge in [-0.15, -0.1) is 0 Å². The maximum atomic E-state index is 12.9. The van der Waals surface area contributed by atoms with Crippen molar-refractivity contribution in [2.45, 2.75) is 57.9 Å². The second kappa shape index (κ2) is 10.2. The van der Waals surface area contributed by atoms with Crippen molar-refractivity contribution in [3.05, 3.63) is 17.5 Å². The van der Waals surface area contributed by atoms with Crippen molar-refractivity contribution < 1.29 is 9.59 Å². The highest BCUT2D eigenvalue weighted by Gasteiger charge is 2.32. The van der Waals surface area contributed by atoms with Crippen LogP contribution in [-0.2, 0) is 4.79 Å². The highest BCUT2D eigenvalue weighted by molar-refractivity contribution is 5.95. The molecule has 0 aliphatic carbocycles. The molecule has 8 heteroatoms. The maximum Gasteiger partial charge on any atom is 0.254 e. The van der Waals surface area contributed by atoms with E-state index in [9.17, 15) is 9.59 Å². The zero-order chi connectivity index (χ0) is 21.7. The number of amides is 2. The van der Waals surface area contributed by atoms with Gasteiger partial charge in [0.2, 0.25) is 11.9 Å². The number of carbonyl (C=O) groups is 2. The van der Waals surface area contributed by atoms with E-state index in [-0.39, 0.29) is 23.8 Å². The van der Waals surface area contributed by atoms with Crippen LogP contribution in [0, 0.1) is 0 Å². The van der Waals surface area contributed by atoms with Gasteiger partial charge in [-0.2, -0.15) is 0 Å². The van der Waals surface area contributed by atoms with Crippen molar-refractivity contribution in [3.63, 3.8) is 0 Å². The number of anilines is 1. The van der Waals surface area contributed by atoms with Crippen molar-refractivity contribution in [1.82, 2.24) is 25.1 Å². The lowest BCUT2D eigenvalue weighted by Gasteiger charge is -2.24. The number of hydrogen-bond donors (Lipinski definition) is 1. The van der Waals surface area contributed by atoms with Crippen molar-refractivity contribution >= 4 is 17.8 Å². The molecule has 1 aromatic rings. The Bertz CT molecular complexity index is 743. The van der Waals surface area contributed by atoms with Gasteiger partial charge in [0.05, 0.1) is 17.8 Å². The van der Waals surface area contributed by atoms with Gasteiger partial charge in [0.25, 0.3) is 5.91 Å². The molecule has 30 heavy (non-hydrogen) atoms. The molecule has 1 unspecified atom stereocenters. The first-order chi connectivity index (χ1) is 14.3. The smallest absolute Gasteiger partial charge is 0.254 e. The zero-order valence-corrected chi connectivity index (χ0v) is 18.9. The third kappa shape index (κ3) is 5.68. The van der Waals surface area contributed by atoms with Gasteiger partial charge in [-0.3, -0.25) is 14.5 Å². The Morgan fingerprint density at radius 1 is 1.17 bits per heavy atom. The normalized spacial score (nSPS) is 20.3. The average Bonchev–Trinajstić information content (AvgIpc) is 3.06. The van der Waals surface area contributed by atoms with E-state index >= 15 is 0 Å². The van der Waals surface area contributed by atoms with Crippen LogP contribution in [0.15, 0.2) is 6.20 Å². The van der Waals surface area contributed by atoms with Gasteiger partial charge in [0, 0.05) is 45.3 Å². The summed E-state index contributed by atoms with van der Waals surface area (Å²) in [7, 11) is 3.78. The summed E-state index contributed by atoms with van der Waals surface area (Å²) in [6.45, 7) is 7.72. The van der Waals surface area contributed by atoms with E-state index in [0.717, 1.165) is 25.2 Å². The van der Waals surface area contributed by atoms with Gasteiger partial charge in [-0.1, -0.05) is 12.8 Å². The van der Waals surface area contributed by atoms with E-state index in [0.29, 0.717) is 31.1 Å². The van der Waals surface area contributed by atoms with Crippen LogP contribution in [0.5, 0.6) is 0 Å². The van der Waals surface area contributed by atoms with Crippen molar-refractivity contribution in [2.75, 3.05) is 51.7 Å². The standard InChI is InChI=1S/C22H36N6O2/c1-16(2)24-21(30)18-13-23-22(26(3)4)25-20(18)17-9-12-28(14-17)19(29)15-27-10-7-5-6-8-11-27/h13,16-17H,5-12,14-15H2,1-4H3,(H,24,30). The van der Waals surface area contributed by atoms with Gasteiger partial charge in [0.15, 0.2) is 0 Å². The second-order valence-electron chi connectivity index (χ2n) is 9.01. The molecule has 166 valence electrons. The molecular weight excluding hydrogens is 380 g/mol. The van der Waals surface area contributed by atoms with Crippen LogP contribution < -0.4 is 10.2 Å². The van der Waals surface area contributed by atoms with Crippen LogP contribution in [0.25, 0.3) is 0 Å². The number of rotatable bonds is 6. The van der Waals surface area contributed by atoms with Crippen molar-refractivity contribution in [1.29, 1.82) is 0 Å². The number of aromatic nitrogens is 2. The second-order valence-corrected chi connectivity index (χ2v) is 9.01. The van der Waals surface area contributed by atoms with Gasteiger partial charge in [-0.25, -0.2) is 9.97 Å². The van der Waals surface area contributed by atoms with E-state index < -0.39 is 0 Å². The molecule has 2 aliphatic heterocycles. The molecule has 2 saturated heterocycles. The SMILES string of the molecule is CC(C)NC(=O)c1cnc(N(C)C)nc1C1CCN(C(=O)CN2CCCCCC2)C1. The Morgan fingerprint density at radius 2 is 1.87 bits per heavy atom. The lowest BCUT2D eigenvalue weighted by Crippen LogP contribution is -2.39. The fourth-order valence-electron chi connectivity index (χ4n) is 4.22. The van der Waals surface area contributed by atoms with E-state index in [1.807, 2.05) is 37.7 Å². The first-order valence-corrected chi connectivity index (χ1v) is 11.2. The maximum absolute atomic E-state index is 12.9. The number of carbonyl (C=O) groups excluding carboxylic acids is 2. The molecular formula is C22H36N6O2. The van der Waals surface area contributed by atoms with Crippen LogP contribution in [0.4, 0.5) is 5.95 Å². The molecule has 1 aromatic heterocycles. The topological polar surface area (TPSA) is 81.7 Å². The summed E-state index contributed by atoms with van der Waals surface area (Å²) < 4.78 is 0. The highest BCUT2D eigenvalue weighted by atomic mass is 16.2. The van der Waals surface area contributed by atoms with E-state index in [4.69, 9.17) is 4.98 Å². The highest BCUT2D eigenvalue weighted by Crippen LogP contribution is 2.29. The summed E-state index contributed by atoms with van der Waals surface area (Å²) in [5.74, 6) is 0.669. The number of likely N-dealkylation sites (tertiary alicyclic amines) is 2. The lowest BCUT2D eigenvalue weighted by atomic mass is 9.99. The Kier molecular flexibility index (Phi) is 7.64. The van der Waals surface area contributed by atoms with Crippen molar-refractivity contribution in [2.24, 2.45) is 0 Å². The molecule has 0 bridgehead atoms. The molecule has 3 heterocycles. The zero-order valence-electron chi connectivity index (χ0n) is 18.9. The molecule has 2 aliphatic rings. The lowest BCUT2D eigenvalue weighted by molar-refractivity contribution is -0.131. The average molecular weight is 417 g/mol. The Labute approximate surface area is 180 Å². The predicted octanol–water partition coefficient (Wildman–Crippen LogP) is 1.87. The van der Waals surface area contributed by atoms with Gasteiger partial charge in [0.1, 0.15) is 0 Å². The minimum absolute atomic E-state index is 0.0363. The van der Waals surface area contributed by atoms with Gasteiger partial charge >= 0.3 is 0 Å². The summed E-state index contributed by atoms with van der Waals surface area (Å²) in [6, 6.07) is 0.0363. The third-order valence-electron chi connectivity index (χ3n) is 5.86. The van der Waals surface area contributed by atoms with E-state index in [2.05, 4.69) is 15.2 Å². The first-order valence-electron chi connectivity index (χ1n) is 11.2. The molecule has 8 nitrogen and oxygen atoms in total. The van der Waals surface area contributed by atoms with Crippen LogP contribution in [-0.4, -0.2) is 84.4 Å². The summed E-state index contributed by atoms with van der Waals surface area (Å²) >= 11 is 0. The monoisotopic (exact) mass is 416 g/mol. The Hall–Kier alpha value is -2.22. The van der Waals surface area contributed by atoms with Crippen LogP contribution in [0.3, 0.4) is 0 Å². The molecule has 0 saturated carbocycles. The molecule has 0 radical (unpaired) electrons. The molecule has 1 atom stereocenters. The predicted molar refractivity (Wildman–Crippen MR) is 118 cm³/mol. The minimum atomic E-state index is -0.153. The number of hydrogen-bond acceptors (Lipinski definition) is 6. The molecule has 2 amide bonds. The number of nitrogens with zero attached hydrogens (tertiary/aromatic N) is 5. The fourth-order valence-corrected chi connectivity index (χ4v) is 4.22. The van der Waals surface area contributed by atoms with Crippen molar-refractivity contribution in [3.8, 4) is 0 Å². The molecule has 2 fully saturated rings. The summed E-state index contributed by atoms with van der Waals surface area (Å²) in [4.78, 5) is 40.8. The molecule has 1 N–H and O–H groups in total. The van der Waals surface area contributed by atoms with E-state index in [1.165, 1.54) is 25.7 Å². The summed E-state index contributed by atoms with van der Waals surface area (Å²) in [6.07, 6.45) is 7.32. The fraction of sp³-hybridized carbons (Fsp3) is 0.727. The molecule has 0 spiro atoms. The largest absolute Gasteiger partial charge is 0.350 e. The Balaban J connectivity index is 1.72. The molecule has 3 rings (SSSR count). The first kappa shape index (κ1) is 22.5. The van der Waals surface area contributed by atoms with Crippen LogP contribution in [0.1, 0.15) is 67.9 Å². The van der Waals surface area contributed by atoms with Gasteiger partial charge in [-0.05, 0) is 46.2 Å². The van der Waals surface area contributed by atoms with Crippen LogP contribution >= 0.6 is 0 Å². The number of nitrogens with one attached hydrogen (secondary N) is 1. The Morgan fingerprint density at radius 3 is 2.50 bits per heavy atom. The van der Waals surface area contributed by atoms with E-state index in [1.54, 1.807) is 6.20 Å². The minimum Gasteiger partial charge on any atom is -0.350 e. The quantitative estimate of drug-likeness (QED) is 0.763. The van der Waals surface area contributed by atoms with Gasteiger partial charge < -0.3 is 15.1 Å².